The molecule has 1 saturated heterocycles. The Balaban J connectivity index is 1.79. The molecule has 1 amide bonds. The standard InChI is InChI=1S/C28H23N3O3/c1-34-21-14-11-19(12-15-21)24-25(26(32)20-8-3-2-4-9-20)31-22-10-6-5-7-18(22)13-16-23(31)28(24,17-29)27(30)33/h2-16,23-25H,1H3,(H2,30,33)/t23-,24-,25+,28-/m1/s1. The minimum atomic E-state index is -1.66. The smallest absolute Gasteiger partial charge is 0.241 e. The zero-order valence-corrected chi connectivity index (χ0v) is 18.6. The third-order valence-electron chi connectivity index (χ3n) is 6.94. The van der Waals surface area contributed by atoms with E-state index < -0.39 is 29.3 Å². The van der Waals surface area contributed by atoms with Crippen molar-refractivity contribution >= 4 is 23.5 Å². The molecule has 6 heteroatoms. The van der Waals surface area contributed by atoms with Crippen LogP contribution in [0.5, 0.6) is 5.75 Å². The number of nitriles is 1. The van der Waals surface area contributed by atoms with Crippen molar-refractivity contribution in [2.75, 3.05) is 12.0 Å². The minimum Gasteiger partial charge on any atom is -0.497 e. The summed E-state index contributed by atoms with van der Waals surface area (Å²) in [6, 6.07) is 24.5. The van der Waals surface area contributed by atoms with Crippen LogP contribution in [-0.2, 0) is 4.79 Å². The molecule has 0 bridgehead atoms. The topological polar surface area (TPSA) is 96.4 Å². The molecule has 3 aromatic rings. The lowest BCUT2D eigenvalue weighted by Crippen LogP contribution is -2.49. The van der Waals surface area contributed by atoms with Crippen LogP contribution in [0.4, 0.5) is 5.69 Å². The van der Waals surface area contributed by atoms with E-state index in [2.05, 4.69) is 6.07 Å². The number of anilines is 1. The number of hydrogen-bond acceptors (Lipinski definition) is 5. The Morgan fingerprint density at radius 1 is 1.00 bits per heavy atom. The van der Waals surface area contributed by atoms with Crippen LogP contribution in [-0.4, -0.2) is 30.9 Å². The number of methoxy groups -OCH3 is 1. The lowest BCUT2D eigenvalue weighted by Gasteiger charge is -2.36. The molecule has 0 aliphatic carbocycles. The van der Waals surface area contributed by atoms with E-state index in [-0.39, 0.29) is 5.78 Å². The van der Waals surface area contributed by atoms with Gasteiger partial charge in [-0.05, 0) is 29.3 Å². The molecule has 5 rings (SSSR count). The summed E-state index contributed by atoms with van der Waals surface area (Å²) in [6.07, 6.45) is 3.72. The highest BCUT2D eigenvalue weighted by molar-refractivity contribution is 6.06. The van der Waals surface area contributed by atoms with Crippen molar-refractivity contribution in [3.63, 3.8) is 0 Å². The molecule has 0 aromatic heterocycles. The molecule has 0 radical (unpaired) electrons. The van der Waals surface area contributed by atoms with Crippen molar-refractivity contribution in [1.82, 2.24) is 0 Å². The summed E-state index contributed by atoms with van der Waals surface area (Å²) < 4.78 is 5.30. The number of primary amides is 1. The molecule has 0 spiro atoms. The van der Waals surface area contributed by atoms with Crippen molar-refractivity contribution in [2.45, 2.75) is 18.0 Å². The second-order valence-corrected chi connectivity index (χ2v) is 8.54. The molecular weight excluding hydrogens is 426 g/mol. The number of amides is 1. The Kier molecular flexibility index (Phi) is 5.18. The Labute approximate surface area is 197 Å². The van der Waals surface area contributed by atoms with Crippen molar-refractivity contribution < 1.29 is 14.3 Å². The van der Waals surface area contributed by atoms with E-state index in [1.54, 1.807) is 55.6 Å². The lowest BCUT2D eigenvalue weighted by atomic mass is 9.67. The predicted octanol–water partition coefficient (Wildman–Crippen LogP) is 3.94. The molecule has 2 aliphatic heterocycles. The van der Waals surface area contributed by atoms with E-state index in [1.165, 1.54) is 0 Å². The van der Waals surface area contributed by atoms with Gasteiger partial charge in [-0.2, -0.15) is 5.26 Å². The summed E-state index contributed by atoms with van der Waals surface area (Å²) in [6.45, 7) is 0. The first-order chi connectivity index (χ1) is 16.5. The number of fused-ring (bicyclic) bond motifs is 3. The third-order valence-corrected chi connectivity index (χ3v) is 6.94. The monoisotopic (exact) mass is 449 g/mol. The van der Waals surface area contributed by atoms with Crippen LogP contribution in [0, 0.1) is 16.7 Å². The maximum Gasteiger partial charge on any atom is 0.241 e. The van der Waals surface area contributed by atoms with Gasteiger partial charge in [0.15, 0.2) is 11.2 Å². The fourth-order valence-corrected chi connectivity index (χ4v) is 5.39. The van der Waals surface area contributed by atoms with Gasteiger partial charge in [0.25, 0.3) is 0 Å². The van der Waals surface area contributed by atoms with Crippen molar-refractivity contribution in [3.05, 3.63) is 102 Å². The summed E-state index contributed by atoms with van der Waals surface area (Å²) >= 11 is 0. The zero-order valence-electron chi connectivity index (χ0n) is 18.6. The fourth-order valence-electron chi connectivity index (χ4n) is 5.39. The normalized spacial score (nSPS) is 24.6. The van der Waals surface area contributed by atoms with E-state index >= 15 is 0 Å². The number of ether oxygens (including phenoxy) is 1. The maximum atomic E-state index is 14.1. The molecule has 2 N–H and O–H groups in total. The average Bonchev–Trinajstić information content (AvgIpc) is 3.20. The largest absolute Gasteiger partial charge is 0.497 e. The first-order valence-electron chi connectivity index (χ1n) is 11.0. The molecule has 1 fully saturated rings. The summed E-state index contributed by atoms with van der Waals surface area (Å²) in [5, 5.41) is 10.5. The summed E-state index contributed by atoms with van der Waals surface area (Å²) in [5.74, 6) is -1.08. The van der Waals surface area contributed by atoms with Crippen LogP contribution in [0.1, 0.15) is 27.4 Å². The maximum absolute atomic E-state index is 14.1. The number of para-hydroxylation sites is 1. The van der Waals surface area contributed by atoms with Crippen molar-refractivity contribution in [2.24, 2.45) is 11.1 Å². The number of benzene rings is 3. The molecule has 0 unspecified atom stereocenters. The number of carbonyl (C=O) groups excluding carboxylic acids is 2. The molecule has 2 heterocycles. The average molecular weight is 450 g/mol. The molecule has 0 saturated carbocycles. The van der Waals surface area contributed by atoms with Gasteiger partial charge in [-0.15, -0.1) is 0 Å². The minimum absolute atomic E-state index is 0.171. The lowest BCUT2D eigenvalue weighted by molar-refractivity contribution is -0.125. The van der Waals surface area contributed by atoms with Gasteiger partial charge in [0.05, 0.1) is 19.2 Å². The number of rotatable bonds is 5. The molecule has 168 valence electrons. The van der Waals surface area contributed by atoms with Crippen LogP contribution in [0.25, 0.3) is 6.08 Å². The number of Topliss-reactive ketones (excluding diaryl/α,β-unsaturated/α-hetero) is 1. The summed E-state index contributed by atoms with van der Waals surface area (Å²) in [5.41, 5.74) is 7.23. The van der Waals surface area contributed by atoms with Gasteiger partial charge in [-0.3, -0.25) is 9.59 Å². The number of nitrogens with two attached hydrogens (primary N) is 1. The first kappa shape index (κ1) is 21.5. The van der Waals surface area contributed by atoms with Crippen LogP contribution < -0.4 is 15.4 Å². The summed E-state index contributed by atoms with van der Waals surface area (Å²) in [4.78, 5) is 29.1. The molecule has 6 nitrogen and oxygen atoms in total. The van der Waals surface area contributed by atoms with Crippen LogP contribution in [0.15, 0.2) is 84.9 Å². The first-order valence-corrected chi connectivity index (χ1v) is 11.0. The summed E-state index contributed by atoms with van der Waals surface area (Å²) in [7, 11) is 1.57. The van der Waals surface area contributed by atoms with Gasteiger partial charge in [0, 0.05) is 17.2 Å². The highest BCUT2D eigenvalue weighted by atomic mass is 16.5. The third kappa shape index (κ3) is 3.01. The molecular formula is C28H23N3O3. The number of ketones is 1. The van der Waals surface area contributed by atoms with E-state index in [1.807, 2.05) is 47.4 Å². The molecule has 4 atom stereocenters. The number of nitrogens with zero attached hydrogens (tertiary/aromatic N) is 2. The highest BCUT2D eigenvalue weighted by Crippen LogP contribution is 2.55. The van der Waals surface area contributed by atoms with Gasteiger partial charge in [0.1, 0.15) is 11.8 Å². The number of hydrogen-bond donors (Lipinski definition) is 1. The Bertz CT molecular complexity index is 1330. The second-order valence-electron chi connectivity index (χ2n) is 8.54. The van der Waals surface area contributed by atoms with E-state index in [9.17, 15) is 14.9 Å². The van der Waals surface area contributed by atoms with Gasteiger partial charge < -0.3 is 15.4 Å². The van der Waals surface area contributed by atoms with Gasteiger partial charge in [0.2, 0.25) is 5.91 Å². The van der Waals surface area contributed by atoms with Crippen LogP contribution in [0.3, 0.4) is 0 Å². The van der Waals surface area contributed by atoms with Gasteiger partial charge in [-0.25, -0.2) is 0 Å². The molecule has 2 aliphatic rings. The Morgan fingerprint density at radius 3 is 2.32 bits per heavy atom. The highest BCUT2D eigenvalue weighted by Gasteiger charge is 2.65. The zero-order chi connectivity index (χ0) is 23.9. The van der Waals surface area contributed by atoms with Crippen LogP contribution in [0.2, 0.25) is 0 Å². The van der Waals surface area contributed by atoms with E-state index in [0.717, 1.165) is 11.3 Å². The van der Waals surface area contributed by atoms with Gasteiger partial charge in [-0.1, -0.05) is 72.8 Å². The van der Waals surface area contributed by atoms with E-state index in [0.29, 0.717) is 16.9 Å². The second kappa shape index (κ2) is 8.20. The fraction of sp³-hybridized carbons (Fsp3) is 0.179. The van der Waals surface area contributed by atoms with Gasteiger partial charge >= 0.3 is 0 Å². The number of carbonyl (C=O) groups is 2. The molecule has 34 heavy (non-hydrogen) atoms. The molecule has 3 aromatic carbocycles. The quantitative estimate of drug-likeness (QED) is 0.595. The van der Waals surface area contributed by atoms with Crippen LogP contribution >= 0.6 is 0 Å². The predicted molar refractivity (Wildman–Crippen MR) is 129 cm³/mol. The Morgan fingerprint density at radius 2 is 1.68 bits per heavy atom. The van der Waals surface area contributed by atoms with Crippen molar-refractivity contribution in [1.29, 1.82) is 5.26 Å². The van der Waals surface area contributed by atoms with E-state index in [4.69, 9.17) is 10.5 Å². The van der Waals surface area contributed by atoms with Crippen molar-refractivity contribution in [3.8, 4) is 11.8 Å². The Hall–Kier alpha value is -4.37. The SMILES string of the molecule is COc1ccc([C@@H]2[C@@H](C(=O)c3ccccc3)N3c4ccccc4C=C[C@@H]3[C@@]2(C#N)C(N)=O)cc1.